The van der Waals surface area contributed by atoms with Crippen molar-refractivity contribution in [2.24, 2.45) is 0 Å². The zero-order valence-electron chi connectivity index (χ0n) is 26.3. The maximum absolute atomic E-state index is 14.9. The Kier molecular flexibility index (Phi) is 8.28. The molecule has 242 valence electrons. The molecule has 1 amide bonds. The van der Waals surface area contributed by atoms with Crippen LogP contribution in [0.15, 0.2) is 91.4 Å². The molecule has 1 aliphatic rings. The van der Waals surface area contributed by atoms with E-state index in [-0.39, 0.29) is 18.1 Å². The fourth-order valence-electron chi connectivity index (χ4n) is 5.99. The summed E-state index contributed by atoms with van der Waals surface area (Å²) in [6, 6.07) is 22.0. The third-order valence-electron chi connectivity index (χ3n) is 8.41. The van der Waals surface area contributed by atoms with Crippen LogP contribution >= 0.6 is 11.6 Å². The molecule has 0 aliphatic carbocycles. The van der Waals surface area contributed by atoms with E-state index in [2.05, 4.69) is 15.4 Å². The molecule has 12 heteroatoms. The lowest BCUT2D eigenvalue weighted by Crippen LogP contribution is -2.28. The molecule has 1 unspecified atom stereocenters. The van der Waals surface area contributed by atoms with Crippen molar-refractivity contribution < 1.29 is 23.4 Å². The average Bonchev–Trinajstić information content (AvgIpc) is 3.70. The van der Waals surface area contributed by atoms with Gasteiger partial charge < -0.3 is 24.4 Å². The highest BCUT2D eigenvalue weighted by molar-refractivity contribution is 6.31. The number of nitrogens with zero attached hydrogens (tertiary/aromatic N) is 5. The standard InChI is InChI=1S/C36H30ClFN6O4/c1-46-25-9-4-21(5-10-25)18-43-35(27-14-24(38)8-12-28(27)37)33-30(39-17-22-6-11-26(47-2)15-31(22)48-3)16-29(42-34(33)36(43)45)23-7-13-32-40-20-41-44(32)19-23/h4-16,19-20,35H,17-18H2,1-3H3,(H,39,42). The van der Waals surface area contributed by atoms with Gasteiger partial charge in [-0.2, -0.15) is 5.10 Å². The summed E-state index contributed by atoms with van der Waals surface area (Å²) in [7, 11) is 4.79. The summed E-state index contributed by atoms with van der Waals surface area (Å²) in [6.07, 6.45) is 3.28. The van der Waals surface area contributed by atoms with Gasteiger partial charge in [0.15, 0.2) is 5.65 Å². The second kappa shape index (κ2) is 12.8. The van der Waals surface area contributed by atoms with Crippen molar-refractivity contribution in [2.75, 3.05) is 26.6 Å². The number of amides is 1. The van der Waals surface area contributed by atoms with Crippen LogP contribution in [0.3, 0.4) is 0 Å². The van der Waals surface area contributed by atoms with Crippen LogP contribution in [-0.2, 0) is 13.1 Å². The van der Waals surface area contributed by atoms with E-state index in [1.54, 1.807) is 30.7 Å². The third kappa shape index (κ3) is 5.73. The highest BCUT2D eigenvalue weighted by Crippen LogP contribution is 2.46. The number of aromatic nitrogens is 4. The van der Waals surface area contributed by atoms with Crippen LogP contribution in [0.4, 0.5) is 10.1 Å². The summed E-state index contributed by atoms with van der Waals surface area (Å²) in [4.78, 5) is 25.3. The van der Waals surface area contributed by atoms with Gasteiger partial charge in [-0.25, -0.2) is 18.9 Å². The van der Waals surface area contributed by atoms with Crippen LogP contribution in [0, 0.1) is 5.82 Å². The number of fused-ring (bicyclic) bond motifs is 2. The van der Waals surface area contributed by atoms with Gasteiger partial charge in [-0.3, -0.25) is 4.79 Å². The van der Waals surface area contributed by atoms with Gasteiger partial charge in [0.05, 0.1) is 33.1 Å². The molecule has 0 radical (unpaired) electrons. The Morgan fingerprint density at radius 3 is 2.48 bits per heavy atom. The summed E-state index contributed by atoms with van der Waals surface area (Å²) in [5.74, 6) is 1.19. The molecule has 4 heterocycles. The molecule has 0 spiro atoms. The van der Waals surface area contributed by atoms with Crippen LogP contribution in [0.5, 0.6) is 17.2 Å². The molecular weight excluding hydrogens is 635 g/mol. The van der Waals surface area contributed by atoms with Crippen molar-refractivity contribution in [1.29, 1.82) is 0 Å². The van der Waals surface area contributed by atoms with Gasteiger partial charge in [0.1, 0.15) is 35.1 Å². The van der Waals surface area contributed by atoms with Gasteiger partial charge >= 0.3 is 0 Å². The van der Waals surface area contributed by atoms with E-state index in [0.717, 1.165) is 16.7 Å². The Balaban J connectivity index is 1.39. The Hall–Kier alpha value is -5.68. The quantitative estimate of drug-likeness (QED) is 0.168. The number of carbonyl (C=O) groups is 1. The molecule has 6 aromatic rings. The lowest BCUT2D eigenvalue weighted by molar-refractivity contribution is 0.0732. The topological polar surface area (TPSA) is 103 Å². The molecule has 1 atom stereocenters. The number of halogens is 2. The van der Waals surface area contributed by atoms with Gasteiger partial charge in [0.2, 0.25) is 0 Å². The third-order valence-corrected chi connectivity index (χ3v) is 8.75. The van der Waals surface area contributed by atoms with Gasteiger partial charge in [0, 0.05) is 58.3 Å². The number of benzene rings is 3. The summed E-state index contributed by atoms with van der Waals surface area (Å²) >= 11 is 6.76. The van der Waals surface area contributed by atoms with E-state index >= 15 is 0 Å². The van der Waals surface area contributed by atoms with Crippen molar-refractivity contribution in [3.63, 3.8) is 0 Å². The van der Waals surface area contributed by atoms with Crippen molar-refractivity contribution >= 4 is 28.8 Å². The van der Waals surface area contributed by atoms with Gasteiger partial charge in [-0.15, -0.1) is 0 Å². The predicted molar refractivity (Wildman–Crippen MR) is 179 cm³/mol. The molecule has 7 rings (SSSR count). The van der Waals surface area contributed by atoms with Crippen molar-refractivity contribution in [2.45, 2.75) is 19.1 Å². The van der Waals surface area contributed by atoms with E-state index in [1.165, 1.54) is 24.5 Å². The summed E-state index contributed by atoms with van der Waals surface area (Å²) in [5.41, 5.74) is 5.53. The molecule has 0 saturated carbocycles. The first-order chi connectivity index (χ1) is 23.4. The molecule has 3 aromatic carbocycles. The van der Waals surface area contributed by atoms with E-state index in [9.17, 15) is 9.18 Å². The van der Waals surface area contributed by atoms with E-state index in [1.807, 2.05) is 66.9 Å². The molecule has 0 saturated heterocycles. The second-order valence-electron chi connectivity index (χ2n) is 11.2. The number of hydrogen-bond donors (Lipinski definition) is 1. The van der Waals surface area contributed by atoms with E-state index < -0.39 is 11.9 Å². The van der Waals surface area contributed by atoms with Gasteiger partial charge in [-0.1, -0.05) is 23.7 Å². The van der Waals surface area contributed by atoms with E-state index in [0.29, 0.717) is 57.0 Å². The normalized spacial score (nSPS) is 13.9. The maximum Gasteiger partial charge on any atom is 0.274 e. The van der Waals surface area contributed by atoms with Gasteiger partial charge in [-0.05, 0) is 66.2 Å². The first-order valence-corrected chi connectivity index (χ1v) is 15.4. The average molecular weight is 665 g/mol. The Morgan fingerprint density at radius 2 is 1.71 bits per heavy atom. The molecule has 0 bridgehead atoms. The smallest absolute Gasteiger partial charge is 0.274 e. The number of hydrogen-bond acceptors (Lipinski definition) is 8. The molecule has 1 aliphatic heterocycles. The summed E-state index contributed by atoms with van der Waals surface area (Å²) in [5, 5.41) is 8.13. The lowest BCUT2D eigenvalue weighted by Gasteiger charge is -2.27. The van der Waals surface area contributed by atoms with Gasteiger partial charge in [0.25, 0.3) is 5.91 Å². The van der Waals surface area contributed by atoms with Crippen molar-refractivity contribution in [1.82, 2.24) is 24.5 Å². The molecule has 1 N–H and O–H groups in total. The highest BCUT2D eigenvalue weighted by Gasteiger charge is 2.42. The van der Waals surface area contributed by atoms with Crippen molar-refractivity contribution in [3.05, 3.63) is 130 Å². The minimum atomic E-state index is -0.752. The maximum atomic E-state index is 14.9. The first kappa shape index (κ1) is 30.9. The predicted octanol–water partition coefficient (Wildman–Crippen LogP) is 6.97. The SMILES string of the molecule is COc1ccc(CN2C(=O)c3nc(-c4ccc5ncnn5c4)cc(NCc4ccc(OC)cc4OC)c3C2c2cc(F)ccc2Cl)cc1. The number of anilines is 1. The summed E-state index contributed by atoms with van der Waals surface area (Å²) < 4.78 is 32.9. The zero-order valence-corrected chi connectivity index (χ0v) is 27.0. The number of ether oxygens (including phenoxy) is 3. The highest BCUT2D eigenvalue weighted by atomic mass is 35.5. The fraction of sp³-hybridized carbons (Fsp3) is 0.167. The molecule has 3 aromatic heterocycles. The molecule has 10 nitrogen and oxygen atoms in total. The monoisotopic (exact) mass is 664 g/mol. The minimum absolute atomic E-state index is 0.211. The zero-order chi connectivity index (χ0) is 33.4. The summed E-state index contributed by atoms with van der Waals surface area (Å²) in [6.45, 7) is 0.546. The van der Waals surface area contributed by atoms with Crippen LogP contribution < -0.4 is 19.5 Å². The first-order valence-electron chi connectivity index (χ1n) is 15.0. The van der Waals surface area contributed by atoms with Crippen LogP contribution in [0.25, 0.3) is 16.9 Å². The molecule has 0 fully saturated rings. The minimum Gasteiger partial charge on any atom is -0.497 e. The number of rotatable bonds is 10. The molecule has 48 heavy (non-hydrogen) atoms. The number of methoxy groups -OCH3 is 3. The largest absolute Gasteiger partial charge is 0.497 e. The van der Waals surface area contributed by atoms with Crippen LogP contribution in [0.1, 0.15) is 38.8 Å². The Bertz CT molecular complexity index is 2160. The van der Waals surface area contributed by atoms with E-state index in [4.69, 9.17) is 30.8 Å². The number of carbonyl (C=O) groups excluding carboxylic acids is 1. The lowest BCUT2D eigenvalue weighted by atomic mass is 9.96. The molecular formula is C36H30ClFN6O4. The number of nitrogens with one attached hydrogen (secondary N) is 1. The Morgan fingerprint density at radius 1 is 0.917 bits per heavy atom. The van der Waals surface area contributed by atoms with Crippen molar-refractivity contribution in [3.8, 4) is 28.5 Å². The number of pyridine rings is 2. The van der Waals surface area contributed by atoms with Crippen LogP contribution in [0.2, 0.25) is 5.02 Å². The van der Waals surface area contributed by atoms with Crippen LogP contribution in [-0.4, -0.2) is 51.7 Å². The Labute approximate surface area is 280 Å². The second-order valence-corrected chi connectivity index (χ2v) is 11.6. The fourth-order valence-corrected chi connectivity index (χ4v) is 6.21.